The third-order valence-corrected chi connectivity index (χ3v) is 5.43. The predicted molar refractivity (Wildman–Crippen MR) is 128 cm³/mol. The van der Waals surface area contributed by atoms with Crippen molar-refractivity contribution in [3.63, 3.8) is 0 Å². The zero-order chi connectivity index (χ0) is 23.8. The van der Waals surface area contributed by atoms with E-state index in [0.29, 0.717) is 28.1 Å². The summed E-state index contributed by atoms with van der Waals surface area (Å²) in [5, 5.41) is 15.4. The molecule has 0 bridgehead atoms. The predicted octanol–water partition coefficient (Wildman–Crippen LogP) is 2.58. The zero-order valence-corrected chi connectivity index (χ0v) is 19.5. The van der Waals surface area contributed by atoms with E-state index in [-0.39, 0.29) is 17.6 Å². The number of benzene rings is 2. The summed E-state index contributed by atoms with van der Waals surface area (Å²) in [6, 6.07) is 12.6. The van der Waals surface area contributed by atoms with Gasteiger partial charge in [0, 0.05) is 11.6 Å². The molecule has 3 rings (SSSR count). The van der Waals surface area contributed by atoms with E-state index in [0.717, 1.165) is 23.1 Å². The van der Waals surface area contributed by atoms with Crippen molar-refractivity contribution in [2.45, 2.75) is 12.1 Å². The first-order valence-corrected chi connectivity index (χ1v) is 10.7. The standard InChI is InChI=1S/C21H25N7O4S/c1-13(14-6-5-7-15(10-14)30-2)24-25-20-26-27-21(28(20)22)33-12-19(29)23-17-11-16(31-3)8-9-18(17)32-4/h5-11H,12,22H2,1-4H3,(H,23,29)(H,25,26)/b24-13+. The number of thioether (sulfide) groups is 1. The highest BCUT2D eigenvalue weighted by Crippen LogP contribution is 2.29. The lowest BCUT2D eigenvalue weighted by molar-refractivity contribution is -0.113. The number of aromatic nitrogens is 3. The number of carbonyl (C=O) groups is 1. The number of carbonyl (C=O) groups excluding carboxylic acids is 1. The maximum atomic E-state index is 12.4. The van der Waals surface area contributed by atoms with Crippen LogP contribution in [0.25, 0.3) is 0 Å². The fraction of sp³-hybridized carbons (Fsp3) is 0.238. The number of methoxy groups -OCH3 is 3. The summed E-state index contributed by atoms with van der Waals surface area (Å²) < 4.78 is 16.9. The van der Waals surface area contributed by atoms with E-state index >= 15 is 0 Å². The molecular formula is C21H25N7O4S. The number of nitrogens with one attached hydrogen (secondary N) is 2. The van der Waals surface area contributed by atoms with Gasteiger partial charge < -0.3 is 25.4 Å². The van der Waals surface area contributed by atoms with Gasteiger partial charge in [-0.3, -0.25) is 4.79 Å². The van der Waals surface area contributed by atoms with Crippen LogP contribution in [0.1, 0.15) is 12.5 Å². The molecule has 12 heteroatoms. The Kier molecular flexibility index (Phi) is 7.97. The molecule has 0 aliphatic rings. The van der Waals surface area contributed by atoms with E-state index in [4.69, 9.17) is 20.1 Å². The third-order valence-electron chi connectivity index (χ3n) is 4.49. The Morgan fingerprint density at radius 1 is 1.09 bits per heavy atom. The molecule has 0 unspecified atom stereocenters. The van der Waals surface area contributed by atoms with Gasteiger partial charge in [0.15, 0.2) is 0 Å². The van der Waals surface area contributed by atoms with Crippen molar-refractivity contribution < 1.29 is 19.0 Å². The Balaban J connectivity index is 1.60. The smallest absolute Gasteiger partial charge is 0.264 e. The van der Waals surface area contributed by atoms with E-state index in [1.165, 1.54) is 11.8 Å². The highest BCUT2D eigenvalue weighted by atomic mass is 32.2. The molecule has 3 aromatic rings. The minimum atomic E-state index is -0.268. The monoisotopic (exact) mass is 471 g/mol. The summed E-state index contributed by atoms with van der Waals surface area (Å²) >= 11 is 1.13. The molecule has 4 N–H and O–H groups in total. The molecular weight excluding hydrogens is 446 g/mol. The van der Waals surface area contributed by atoms with Crippen molar-refractivity contribution in [1.82, 2.24) is 14.9 Å². The lowest BCUT2D eigenvalue weighted by Gasteiger charge is -2.11. The average Bonchev–Trinajstić information content (AvgIpc) is 3.20. The van der Waals surface area contributed by atoms with E-state index in [9.17, 15) is 4.79 Å². The number of amides is 1. The number of ether oxygens (including phenoxy) is 3. The highest BCUT2D eigenvalue weighted by molar-refractivity contribution is 7.99. The first-order valence-electron chi connectivity index (χ1n) is 9.75. The van der Waals surface area contributed by atoms with Crippen molar-refractivity contribution in [3.8, 4) is 17.2 Å². The Bertz CT molecular complexity index is 1150. The minimum absolute atomic E-state index is 0.0573. The third kappa shape index (κ3) is 6.07. The molecule has 0 spiro atoms. The van der Waals surface area contributed by atoms with Gasteiger partial charge in [-0.05, 0) is 31.2 Å². The summed E-state index contributed by atoms with van der Waals surface area (Å²) in [7, 11) is 4.68. The molecule has 11 nitrogen and oxygen atoms in total. The van der Waals surface area contributed by atoms with Gasteiger partial charge in [0.25, 0.3) is 5.95 Å². The largest absolute Gasteiger partial charge is 0.497 e. The second-order valence-corrected chi connectivity index (χ2v) is 7.56. The molecule has 0 aliphatic carbocycles. The lowest BCUT2D eigenvalue weighted by atomic mass is 10.1. The first kappa shape index (κ1) is 23.7. The van der Waals surface area contributed by atoms with Crippen molar-refractivity contribution in [2.75, 3.05) is 43.7 Å². The average molecular weight is 472 g/mol. The van der Waals surface area contributed by atoms with Crippen molar-refractivity contribution in [3.05, 3.63) is 48.0 Å². The molecule has 1 amide bonds. The molecule has 0 fully saturated rings. The Morgan fingerprint density at radius 2 is 1.85 bits per heavy atom. The summed E-state index contributed by atoms with van der Waals surface area (Å²) in [6.07, 6.45) is 0. The van der Waals surface area contributed by atoms with Gasteiger partial charge >= 0.3 is 0 Å². The first-order chi connectivity index (χ1) is 15.9. The molecule has 0 atom stereocenters. The number of anilines is 2. The van der Waals surface area contributed by atoms with Crippen LogP contribution >= 0.6 is 11.8 Å². The maximum absolute atomic E-state index is 12.4. The van der Waals surface area contributed by atoms with Gasteiger partial charge in [-0.1, -0.05) is 23.9 Å². The van der Waals surface area contributed by atoms with Crippen LogP contribution in [-0.2, 0) is 4.79 Å². The van der Waals surface area contributed by atoms with Crippen LogP contribution in [0.2, 0.25) is 0 Å². The Hall–Kier alpha value is -3.93. The van der Waals surface area contributed by atoms with Crippen LogP contribution in [0.3, 0.4) is 0 Å². The van der Waals surface area contributed by atoms with E-state index in [2.05, 4.69) is 26.0 Å². The van der Waals surface area contributed by atoms with Gasteiger partial charge in [0.05, 0.1) is 38.5 Å². The number of nitrogens with zero attached hydrogens (tertiary/aromatic N) is 4. The van der Waals surface area contributed by atoms with Gasteiger partial charge in [-0.2, -0.15) is 5.10 Å². The second-order valence-electron chi connectivity index (χ2n) is 6.62. The Morgan fingerprint density at radius 3 is 2.58 bits per heavy atom. The van der Waals surface area contributed by atoms with Crippen LogP contribution < -0.4 is 30.8 Å². The topological polar surface area (TPSA) is 138 Å². The normalized spacial score (nSPS) is 11.1. The quantitative estimate of drug-likeness (QED) is 0.176. The maximum Gasteiger partial charge on any atom is 0.264 e. The lowest BCUT2D eigenvalue weighted by Crippen LogP contribution is -2.17. The summed E-state index contributed by atoms with van der Waals surface area (Å²) in [4.78, 5) is 12.4. The van der Waals surface area contributed by atoms with Crippen LogP contribution in [-0.4, -0.2) is 53.6 Å². The molecule has 0 radical (unpaired) electrons. The van der Waals surface area contributed by atoms with Gasteiger partial charge in [0.2, 0.25) is 11.1 Å². The number of nitrogen functional groups attached to an aromatic ring is 1. The fourth-order valence-corrected chi connectivity index (χ4v) is 3.38. The van der Waals surface area contributed by atoms with Crippen molar-refractivity contribution >= 4 is 35.0 Å². The minimum Gasteiger partial charge on any atom is -0.497 e. The molecule has 2 aromatic carbocycles. The fourth-order valence-electron chi connectivity index (χ4n) is 2.73. The van der Waals surface area contributed by atoms with Gasteiger partial charge in [-0.25, -0.2) is 10.1 Å². The molecule has 0 saturated heterocycles. The highest BCUT2D eigenvalue weighted by Gasteiger charge is 2.14. The zero-order valence-electron chi connectivity index (χ0n) is 18.7. The van der Waals surface area contributed by atoms with E-state index in [1.54, 1.807) is 32.4 Å². The van der Waals surface area contributed by atoms with Crippen molar-refractivity contribution in [1.29, 1.82) is 0 Å². The molecule has 1 aromatic heterocycles. The number of hydrogen-bond acceptors (Lipinski definition) is 10. The van der Waals surface area contributed by atoms with Crippen LogP contribution in [0.4, 0.5) is 11.6 Å². The van der Waals surface area contributed by atoms with E-state index < -0.39 is 0 Å². The second kappa shape index (κ2) is 11.1. The van der Waals surface area contributed by atoms with Crippen LogP contribution in [0, 0.1) is 0 Å². The van der Waals surface area contributed by atoms with Gasteiger partial charge in [0.1, 0.15) is 17.2 Å². The summed E-state index contributed by atoms with van der Waals surface area (Å²) in [5.41, 5.74) is 4.88. The van der Waals surface area contributed by atoms with E-state index in [1.807, 2.05) is 31.2 Å². The van der Waals surface area contributed by atoms with Crippen LogP contribution in [0.15, 0.2) is 52.7 Å². The molecule has 0 saturated carbocycles. The number of hydrogen-bond donors (Lipinski definition) is 3. The molecule has 33 heavy (non-hydrogen) atoms. The summed E-state index contributed by atoms with van der Waals surface area (Å²) in [6.45, 7) is 1.84. The molecule has 174 valence electrons. The summed E-state index contributed by atoms with van der Waals surface area (Å²) in [5.74, 6) is 7.92. The van der Waals surface area contributed by atoms with Crippen LogP contribution in [0.5, 0.6) is 17.2 Å². The SMILES string of the molecule is COc1cccc(/C(C)=N/Nc2nnc(SCC(=O)Nc3cc(OC)ccc3OC)n2N)c1. The van der Waals surface area contributed by atoms with Gasteiger partial charge in [-0.15, -0.1) is 10.2 Å². The van der Waals surface area contributed by atoms with Crippen molar-refractivity contribution in [2.24, 2.45) is 5.10 Å². The number of nitrogens with two attached hydrogens (primary N) is 1. The molecule has 0 aliphatic heterocycles. The molecule has 1 heterocycles. The Labute approximate surface area is 195 Å². The number of hydrazone groups is 1. The number of rotatable bonds is 10.